The number of aryl methyl sites for hydroxylation is 1. The molecule has 0 atom stereocenters. The Morgan fingerprint density at radius 1 is 1.39 bits per heavy atom. The van der Waals surface area contributed by atoms with E-state index in [1.54, 1.807) is 14.0 Å². The molecule has 1 heterocycles. The van der Waals surface area contributed by atoms with Crippen LogP contribution in [0.25, 0.3) is 0 Å². The maximum Gasteiger partial charge on any atom is 0.352 e. The SMILES string of the molecule is CNc1nc(C)c([N+](=O)[O-])c(OC2CCCC2)n1. The van der Waals surface area contributed by atoms with Gasteiger partial charge in [-0.15, -0.1) is 0 Å². The molecule has 1 aliphatic carbocycles. The third-order valence-electron chi connectivity index (χ3n) is 3.01. The first kappa shape index (κ1) is 12.5. The molecule has 1 aromatic heterocycles. The Bertz CT molecular complexity index is 458. The molecule has 0 saturated heterocycles. The van der Waals surface area contributed by atoms with Crippen molar-refractivity contribution in [1.82, 2.24) is 9.97 Å². The molecule has 1 aromatic rings. The predicted molar refractivity (Wildman–Crippen MR) is 65.9 cm³/mol. The lowest BCUT2D eigenvalue weighted by Crippen LogP contribution is -2.15. The van der Waals surface area contributed by atoms with E-state index in [0.29, 0.717) is 11.6 Å². The molecular formula is C11H16N4O3. The molecule has 0 radical (unpaired) electrons. The Balaban J connectivity index is 2.34. The van der Waals surface area contributed by atoms with Crippen molar-refractivity contribution < 1.29 is 9.66 Å². The lowest BCUT2D eigenvalue weighted by atomic mass is 10.3. The molecule has 0 aromatic carbocycles. The highest BCUT2D eigenvalue weighted by molar-refractivity contribution is 5.48. The highest BCUT2D eigenvalue weighted by Gasteiger charge is 2.27. The predicted octanol–water partition coefficient (Wildman–Crippen LogP) is 2.06. The van der Waals surface area contributed by atoms with Crippen LogP contribution < -0.4 is 10.1 Å². The average Bonchev–Trinajstić information content (AvgIpc) is 2.80. The Morgan fingerprint density at radius 3 is 2.61 bits per heavy atom. The van der Waals surface area contributed by atoms with Crippen LogP contribution in [0.1, 0.15) is 31.4 Å². The van der Waals surface area contributed by atoms with E-state index in [-0.39, 0.29) is 17.7 Å². The van der Waals surface area contributed by atoms with Crippen LogP contribution in [0.4, 0.5) is 11.6 Å². The van der Waals surface area contributed by atoms with Gasteiger partial charge in [0.25, 0.3) is 5.88 Å². The smallest absolute Gasteiger partial charge is 0.352 e. The number of aromatic nitrogens is 2. The van der Waals surface area contributed by atoms with E-state index in [9.17, 15) is 10.1 Å². The van der Waals surface area contributed by atoms with E-state index in [2.05, 4.69) is 15.3 Å². The summed E-state index contributed by atoms with van der Waals surface area (Å²) in [4.78, 5) is 18.6. The Hall–Kier alpha value is -1.92. The third kappa shape index (κ3) is 2.49. The molecule has 0 aliphatic heterocycles. The molecule has 2 rings (SSSR count). The van der Waals surface area contributed by atoms with Gasteiger partial charge in [-0.2, -0.15) is 4.98 Å². The zero-order chi connectivity index (χ0) is 13.1. The third-order valence-corrected chi connectivity index (χ3v) is 3.01. The van der Waals surface area contributed by atoms with E-state index in [4.69, 9.17) is 4.74 Å². The molecule has 1 saturated carbocycles. The van der Waals surface area contributed by atoms with Crippen LogP contribution in [-0.2, 0) is 0 Å². The lowest BCUT2D eigenvalue weighted by molar-refractivity contribution is -0.387. The minimum atomic E-state index is -0.487. The Morgan fingerprint density at radius 2 is 2.06 bits per heavy atom. The van der Waals surface area contributed by atoms with Gasteiger partial charge in [0.1, 0.15) is 11.8 Å². The van der Waals surface area contributed by atoms with Gasteiger partial charge in [-0.05, 0) is 32.6 Å². The van der Waals surface area contributed by atoms with Crippen molar-refractivity contribution in [2.75, 3.05) is 12.4 Å². The monoisotopic (exact) mass is 252 g/mol. The normalized spacial score (nSPS) is 15.7. The first-order chi connectivity index (χ1) is 8.61. The maximum atomic E-state index is 11.0. The van der Waals surface area contributed by atoms with Crippen molar-refractivity contribution in [3.05, 3.63) is 15.8 Å². The Kier molecular flexibility index (Phi) is 3.59. The van der Waals surface area contributed by atoms with E-state index in [1.165, 1.54) is 0 Å². The van der Waals surface area contributed by atoms with Gasteiger partial charge in [0.15, 0.2) is 0 Å². The van der Waals surface area contributed by atoms with Crippen LogP contribution in [0, 0.1) is 17.0 Å². The number of hydrogen-bond acceptors (Lipinski definition) is 6. The zero-order valence-corrected chi connectivity index (χ0v) is 10.5. The van der Waals surface area contributed by atoms with Gasteiger partial charge in [0, 0.05) is 7.05 Å². The molecule has 0 unspecified atom stereocenters. The second-order valence-electron chi connectivity index (χ2n) is 4.32. The number of anilines is 1. The summed E-state index contributed by atoms with van der Waals surface area (Å²) >= 11 is 0. The molecule has 1 fully saturated rings. The van der Waals surface area contributed by atoms with Crippen LogP contribution in [0.15, 0.2) is 0 Å². The molecule has 7 heteroatoms. The number of ether oxygens (including phenoxy) is 1. The van der Waals surface area contributed by atoms with E-state index < -0.39 is 4.92 Å². The van der Waals surface area contributed by atoms with E-state index in [1.807, 2.05) is 0 Å². The molecule has 1 aliphatic rings. The Labute approximate surface area is 105 Å². The van der Waals surface area contributed by atoms with Crippen molar-refractivity contribution in [2.45, 2.75) is 38.7 Å². The summed E-state index contributed by atoms with van der Waals surface area (Å²) in [5.41, 5.74) is 0.174. The molecule has 1 N–H and O–H groups in total. The fraction of sp³-hybridized carbons (Fsp3) is 0.636. The van der Waals surface area contributed by atoms with Crippen LogP contribution in [-0.4, -0.2) is 28.0 Å². The van der Waals surface area contributed by atoms with Crippen LogP contribution in [0.5, 0.6) is 5.88 Å². The first-order valence-corrected chi connectivity index (χ1v) is 5.99. The van der Waals surface area contributed by atoms with Gasteiger partial charge in [-0.3, -0.25) is 10.1 Å². The second-order valence-corrected chi connectivity index (χ2v) is 4.32. The van der Waals surface area contributed by atoms with Crippen LogP contribution in [0.2, 0.25) is 0 Å². The summed E-state index contributed by atoms with van der Waals surface area (Å²) in [6, 6.07) is 0. The number of hydrogen-bond donors (Lipinski definition) is 1. The molecule has 98 valence electrons. The summed E-state index contributed by atoms with van der Waals surface area (Å²) in [7, 11) is 1.67. The van der Waals surface area contributed by atoms with Crippen LogP contribution >= 0.6 is 0 Å². The van der Waals surface area contributed by atoms with Gasteiger partial charge in [0.2, 0.25) is 5.95 Å². The summed E-state index contributed by atoms with van der Waals surface area (Å²) in [5, 5.41) is 13.8. The maximum absolute atomic E-state index is 11.0. The highest BCUT2D eigenvalue weighted by atomic mass is 16.6. The second kappa shape index (κ2) is 5.16. The van der Waals surface area contributed by atoms with Crippen molar-refractivity contribution in [2.24, 2.45) is 0 Å². The minimum absolute atomic E-state index is 0.0303. The fourth-order valence-corrected chi connectivity index (χ4v) is 2.11. The zero-order valence-electron chi connectivity index (χ0n) is 10.5. The molecule has 18 heavy (non-hydrogen) atoms. The highest BCUT2D eigenvalue weighted by Crippen LogP contribution is 2.32. The number of nitrogens with one attached hydrogen (secondary N) is 1. The summed E-state index contributed by atoms with van der Waals surface area (Å²) < 4.78 is 5.66. The molecule has 7 nitrogen and oxygen atoms in total. The van der Waals surface area contributed by atoms with Crippen molar-refractivity contribution in [3.8, 4) is 5.88 Å². The fourth-order valence-electron chi connectivity index (χ4n) is 2.11. The molecular weight excluding hydrogens is 236 g/mol. The van der Waals surface area contributed by atoms with Gasteiger partial charge >= 0.3 is 5.69 Å². The van der Waals surface area contributed by atoms with Gasteiger partial charge < -0.3 is 10.1 Å². The average molecular weight is 252 g/mol. The number of nitro groups is 1. The summed E-state index contributed by atoms with van der Waals surface area (Å²) in [6.07, 6.45) is 4.08. The van der Waals surface area contributed by atoms with Gasteiger partial charge in [0.05, 0.1) is 4.92 Å². The number of rotatable bonds is 4. The molecule has 0 amide bonds. The lowest BCUT2D eigenvalue weighted by Gasteiger charge is -2.13. The number of nitrogens with zero attached hydrogens (tertiary/aromatic N) is 3. The largest absolute Gasteiger partial charge is 0.469 e. The van der Waals surface area contributed by atoms with Crippen molar-refractivity contribution >= 4 is 11.6 Å². The van der Waals surface area contributed by atoms with Crippen LogP contribution in [0.3, 0.4) is 0 Å². The van der Waals surface area contributed by atoms with E-state index >= 15 is 0 Å². The first-order valence-electron chi connectivity index (χ1n) is 5.99. The minimum Gasteiger partial charge on any atom is -0.469 e. The molecule has 0 bridgehead atoms. The molecule has 0 spiro atoms. The summed E-state index contributed by atoms with van der Waals surface area (Å²) in [6.45, 7) is 1.59. The van der Waals surface area contributed by atoms with Crippen molar-refractivity contribution in [3.63, 3.8) is 0 Å². The standard InChI is InChI=1S/C11H16N4O3/c1-7-9(15(16)17)10(14-11(12-2)13-7)18-8-5-3-4-6-8/h8H,3-6H2,1-2H3,(H,12,13,14). The van der Waals surface area contributed by atoms with E-state index in [0.717, 1.165) is 25.7 Å². The van der Waals surface area contributed by atoms with Gasteiger partial charge in [-0.25, -0.2) is 4.98 Å². The van der Waals surface area contributed by atoms with Crippen molar-refractivity contribution in [1.29, 1.82) is 0 Å². The van der Waals surface area contributed by atoms with Gasteiger partial charge in [-0.1, -0.05) is 0 Å². The topological polar surface area (TPSA) is 90.2 Å². The quantitative estimate of drug-likeness (QED) is 0.651. The summed E-state index contributed by atoms with van der Waals surface area (Å²) in [5.74, 6) is 0.412.